The van der Waals surface area contributed by atoms with Crippen LogP contribution in [-0.4, -0.2) is 26.7 Å². The Kier molecular flexibility index (Phi) is 4.52. The summed E-state index contributed by atoms with van der Waals surface area (Å²) in [4.78, 5) is 19.6. The second kappa shape index (κ2) is 6.55. The number of carbonyl (C=O) groups excluding carboxylic acids is 1. The summed E-state index contributed by atoms with van der Waals surface area (Å²) in [5, 5.41) is 9.66. The molecule has 0 atom stereocenters. The van der Waals surface area contributed by atoms with E-state index in [1.165, 1.54) is 16.6 Å². The number of nitrogens with one attached hydrogen (secondary N) is 1. The Balaban J connectivity index is 1.61. The van der Waals surface area contributed by atoms with Crippen LogP contribution in [0.3, 0.4) is 0 Å². The number of aromatic nitrogens is 3. The van der Waals surface area contributed by atoms with Gasteiger partial charge in [0.2, 0.25) is 5.16 Å². The second-order valence-corrected chi connectivity index (χ2v) is 7.33. The van der Waals surface area contributed by atoms with Gasteiger partial charge >= 0.3 is 0 Å². The Morgan fingerprint density at radius 1 is 1.38 bits per heavy atom. The van der Waals surface area contributed by atoms with Crippen molar-refractivity contribution < 1.29 is 4.79 Å². The molecule has 0 aliphatic rings. The molecular formula is C14H13N3OS3. The van der Waals surface area contributed by atoms with Gasteiger partial charge in [-0.2, -0.15) is 0 Å². The first kappa shape index (κ1) is 14.5. The van der Waals surface area contributed by atoms with Crippen molar-refractivity contribution in [3.05, 3.63) is 39.4 Å². The van der Waals surface area contributed by atoms with Gasteiger partial charge in [0.15, 0.2) is 11.6 Å². The van der Waals surface area contributed by atoms with Crippen LogP contribution in [-0.2, 0) is 6.42 Å². The number of ketones is 1. The monoisotopic (exact) mass is 335 g/mol. The van der Waals surface area contributed by atoms with Crippen molar-refractivity contribution in [2.75, 3.05) is 5.75 Å². The zero-order chi connectivity index (χ0) is 14.7. The minimum absolute atomic E-state index is 0.132. The molecule has 7 heteroatoms. The van der Waals surface area contributed by atoms with Crippen LogP contribution in [0.25, 0.3) is 10.7 Å². The molecule has 21 heavy (non-hydrogen) atoms. The molecule has 0 amide bonds. The van der Waals surface area contributed by atoms with Crippen LogP contribution >= 0.6 is 34.4 Å². The summed E-state index contributed by atoms with van der Waals surface area (Å²) in [6.45, 7) is 2.09. The summed E-state index contributed by atoms with van der Waals surface area (Å²) >= 11 is 4.54. The van der Waals surface area contributed by atoms with Crippen LogP contribution < -0.4 is 0 Å². The van der Waals surface area contributed by atoms with Crippen LogP contribution in [0.4, 0.5) is 0 Å². The van der Waals surface area contributed by atoms with Crippen LogP contribution in [0, 0.1) is 0 Å². The fourth-order valence-electron chi connectivity index (χ4n) is 1.75. The smallest absolute Gasteiger partial charge is 0.209 e. The lowest BCUT2D eigenvalue weighted by Gasteiger charge is -1.94. The summed E-state index contributed by atoms with van der Waals surface area (Å²) in [5.74, 6) is 1.25. The first-order valence-corrected chi connectivity index (χ1v) is 9.15. The number of nitrogens with zero attached hydrogens (tertiary/aromatic N) is 2. The molecular weight excluding hydrogens is 322 g/mol. The van der Waals surface area contributed by atoms with E-state index in [0.29, 0.717) is 10.9 Å². The normalized spacial score (nSPS) is 10.9. The van der Waals surface area contributed by atoms with E-state index in [1.54, 1.807) is 22.7 Å². The van der Waals surface area contributed by atoms with Gasteiger partial charge in [-0.1, -0.05) is 24.8 Å². The third kappa shape index (κ3) is 3.42. The van der Waals surface area contributed by atoms with Gasteiger partial charge in [0.05, 0.1) is 15.5 Å². The van der Waals surface area contributed by atoms with Crippen molar-refractivity contribution in [1.82, 2.24) is 15.2 Å². The molecule has 0 unspecified atom stereocenters. The highest BCUT2D eigenvalue weighted by Gasteiger charge is 2.12. The molecule has 0 aliphatic heterocycles. The van der Waals surface area contributed by atoms with Gasteiger partial charge in [0.25, 0.3) is 0 Å². The minimum Gasteiger partial charge on any atom is -0.292 e. The van der Waals surface area contributed by atoms with E-state index in [2.05, 4.69) is 22.1 Å². The molecule has 3 rings (SSSR count). The summed E-state index contributed by atoms with van der Waals surface area (Å²) in [7, 11) is 0. The van der Waals surface area contributed by atoms with Gasteiger partial charge in [-0.05, 0) is 30.0 Å². The molecule has 0 aliphatic carbocycles. The maximum absolute atomic E-state index is 12.1. The minimum atomic E-state index is 0.132. The predicted molar refractivity (Wildman–Crippen MR) is 88.4 cm³/mol. The Morgan fingerprint density at radius 2 is 2.29 bits per heavy atom. The van der Waals surface area contributed by atoms with Crippen molar-refractivity contribution in [1.29, 1.82) is 0 Å². The second-order valence-electron chi connectivity index (χ2n) is 4.28. The summed E-state index contributed by atoms with van der Waals surface area (Å²) < 4.78 is 0. The van der Waals surface area contributed by atoms with Crippen LogP contribution in [0.15, 0.2) is 34.8 Å². The maximum Gasteiger partial charge on any atom is 0.209 e. The third-order valence-electron chi connectivity index (χ3n) is 2.84. The highest BCUT2D eigenvalue weighted by molar-refractivity contribution is 7.99. The van der Waals surface area contributed by atoms with E-state index in [1.807, 2.05) is 29.6 Å². The first-order valence-electron chi connectivity index (χ1n) is 6.47. The van der Waals surface area contributed by atoms with E-state index in [4.69, 9.17) is 0 Å². The fourth-order valence-corrected chi connectivity index (χ4v) is 4.08. The van der Waals surface area contributed by atoms with Crippen molar-refractivity contribution in [2.24, 2.45) is 0 Å². The molecule has 0 aromatic carbocycles. The number of H-pyrrole nitrogens is 1. The number of hydrogen-bond acceptors (Lipinski definition) is 6. The van der Waals surface area contributed by atoms with E-state index in [0.717, 1.165) is 22.0 Å². The molecule has 0 saturated carbocycles. The van der Waals surface area contributed by atoms with Crippen LogP contribution in [0.5, 0.6) is 0 Å². The highest BCUT2D eigenvalue weighted by atomic mass is 32.2. The number of thiophene rings is 2. The number of hydrogen-bond donors (Lipinski definition) is 1. The van der Waals surface area contributed by atoms with Crippen molar-refractivity contribution in [3.63, 3.8) is 0 Å². The SMILES string of the molecule is CCc1ccc(C(=O)CSc2n[nH]c(-c3cccs3)n2)s1. The molecule has 1 N–H and O–H groups in total. The highest BCUT2D eigenvalue weighted by Crippen LogP contribution is 2.24. The van der Waals surface area contributed by atoms with Gasteiger partial charge in [0.1, 0.15) is 0 Å². The topological polar surface area (TPSA) is 58.6 Å². The molecule has 108 valence electrons. The van der Waals surface area contributed by atoms with E-state index < -0.39 is 0 Å². The average molecular weight is 335 g/mol. The first-order chi connectivity index (χ1) is 10.3. The zero-order valence-corrected chi connectivity index (χ0v) is 13.8. The van der Waals surface area contributed by atoms with Crippen molar-refractivity contribution in [3.8, 4) is 10.7 Å². The van der Waals surface area contributed by atoms with Gasteiger partial charge in [-0.25, -0.2) is 4.98 Å². The van der Waals surface area contributed by atoms with Gasteiger partial charge in [-0.15, -0.1) is 27.8 Å². The molecule has 0 radical (unpaired) electrons. The molecule has 3 aromatic heterocycles. The Morgan fingerprint density at radius 3 is 3.00 bits per heavy atom. The molecule has 0 spiro atoms. The number of aryl methyl sites for hydroxylation is 1. The predicted octanol–water partition coefficient (Wildman–Crippen LogP) is 4.13. The number of carbonyl (C=O) groups is 1. The van der Waals surface area contributed by atoms with Crippen molar-refractivity contribution in [2.45, 2.75) is 18.5 Å². The molecule has 0 bridgehead atoms. The van der Waals surface area contributed by atoms with E-state index >= 15 is 0 Å². The lowest BCUT2D eigenvalue weighted by molar-refractivity contribution is 0.102. The molecule has 0 saturated heterocycles. The van der Waals surface area contributed by atoms with Crippen molar-refractivity contribution >= 4 is 40.2 Å². The Bertz CT molecular complexity index is 730. The van der Waals surface area contributed by atoms with Gasteiger partial charge in [0, 0.05) is 4.88 Å². The summed E-state index contributed by atoms with van der Waals surface area (Å²) in [5.41, 5.74) is 0. The maximum atomic E-state index is 12.1. The standard InChI is InChI=1S/C14H13N3OS3/c1-2-9-5-6-11(21-9)10(18)8-20-14-15-13(16-17-14)12-4-3-7-19-12/h3-7H,2,8H2,1H3,(H,15,16,17). The largest absolute Gasteiger partial charge is 0.292 e. The van der Waals surface area contributed by atoms with E-state index in [9.17, 15) is 4.79 Å². The lowest BCUT2D eigenvalue weighted by Crippen LogP contribution is -1.99. The average Bonchev–Trinajstić information content (AvgIpc) is 3.24. The number of aromatic amines is 1. The molecule has 4 nitrogen and oxygen atoms in total. The zero-order valence-electron chi connectivity index (χ0n) is 11.3. The number of rotatable bonds is 6. The van der Waals surface area contributed by atoms with Crippen LogP contribution in [0.2, 0.25) is 0 Å². The lowest BCUT2D eigenvalue weighted by atomic mass is 10.3. The van der Waals surface area contributed by atoms with Gasteiger partial charge < -0.3 is 0 Å². The van der Waals surface area contributed by atoms with Crippen LogP contribution in [0.1, 0.15) is 21.5 Å². The van der Waals surface area contributed by atoms with E-state index in [-0.39, 0.29) is 5.78 Å². The third-order valence-corrected chi connectivity index (χ3v) is 5.83. The molecule has 0 fully saturated rings. The summed E-state index contributed by atoms with van der Waals surface area (Å²) in [6.07, 6.45) is 0.968. The Labute approximate surface area is 134 Å². The number of Topliss-reactive ketones (excluding diaryl/α,β-unsaturated/α-hetero) is 1. The molecule has 3 heterocycles. The quantitative estimate of drug-likeness (QED) is 0.543. The molecule has 3 aromatic rings. The number of thioether (sulfide) groups is 1. The summed E-state index contributed by atoms with van der Waals surface area (Å²) in [6, 6.07) is 7.88. The Hall–Kier alpha value is -1.44. The van der Waals surface area contributed by atoms with Gasteiger partial charge in [-0.3, -0.25) is 9.89 Å². The fraction of sp³-hybridized carbons (Fsp3) is 0.214.